The number of aliphatic carboxylic acids is 1. The Morgan fingerprint density at radius 1 is 1.06 bits per heavy atom. The Bertz CT molecular complexity index is 1100. The van der Waals surface area contributed by atoms with Crippen LogP contribution in [-0.4, -0.2) is 52.7 Å². The summed E-state index contributed by atoms with van der Waals surface area (Å²) in [4.78, 5) is 39.0. The predicted octanol–water partition coefficient (Wildman–Crippen LogP) is 4.55. The van der Waals surface area contributed by atoms with Gasteiger partial charge in [-0.15, -0.1) is 0 Å². The van der Waals surface area contributed by atoms with Gasteiger partial charge in [-0.25, -0.2) is 4.79 Å². The number of carboxylic acid groups (broad SMARTS) is 1. The summed E-state index contributed by atoms with van der Waals surface area (Å²) in [5.74, 6) is -1.23. The summed E-state index contributed by atoms with van der Waals surface area (Å²) in [5.41, 5.74) is 4.10. The van der Waals surface area contributed by atoms with Crippen molar-refractivity contribution in [3.63, 3.8) is 0 Å². The number of hydrogen-bond acceptors (Lipinski definition) is 4. The number of nitrogens with one attached hydrogen (secondary N) is 1. The number of nitrogens with zero attached hydrogens (tertiary/aromatic N) is 1. The number of fused-ring (bicyclic) bond motifs is 3. The van der Waals surface area contributed by atoms with Gasteiger partial charge in [0, 0.05) is 18.5 Å². The van der Waals surface area contributed by atoms with Crippen LogP contribution in [0.2, 0.25) is 0 Å². The minimum atomic E-state index is -0.795. The van der Waals surface area contributed by atoms with Crippen molar-refractivity contribution in [3.05, 3.63) is 59.7 Å². The van der Waals surface area contributed by atoms with Gasteiger partial charge < -0.3 is 20.1 Å². The van der Waals surface area contributed by atoms with Crippen molar-refractivity contribution in [3.8, 4) is 11.1 Å². The maximum atomic E-state index is 13.1. The third-order valence-electron chi connectivity index (χ3n) is 8.06. The average molecular weight is 477 g/mol. The Morgan fingerprint density at radius 2 is 1.69 bits per heavy atom. The standard InChI is InChI=1S/C28H32N2O5/c1-18-15-19(26(32)33)11-14-30(18)25(31)16-28(12-6-13-28)29-27(34)35-17-24-22-9-4-2-7-20(22)21-8-3-5-10-23(21)24/h2-5,7-10,18-19,24H,6,11-17H2,1H3,(H,29,34)(H,32,33)/t18-,19-/m1/s1. The zero-order valence-corrected chi connectivity index (χ0v) is 20.0. The number of carbonyl (C=O) groups excluding carboxylic acids is 2. The van der Waals surface area contributed by atoms with Crippen LogP contribution in [-0.2, 0) is 14.3 Å². The molecule has 0 unspecified atom stereocenters. The summed E-state index contributed by atoms with van der Waals surface area (Å²) in [6.07, 6.45) is 3.10. The molecular formula is C28H32N2O5. The summed E-state index contributed by atoms with van der Waals surface area (Å²) in [5, 5.41) is 12.3. The normalized spacial score (nSPS) is 22.5. The number of carbonyl (C=O) groups is 3. The van der Waals surface area contributed by atoms with E-state index >= 15 is 0 Å². The monoisotopic (exact) mass is 476 g/mol. The zero-order valence-electron chi connectivity index (χ0n) is 20.0. The minimum Gasteiger partial charge on any atom is -0.481 e. The van der Waals surface area contributed by atoms with E-state index in [9.17, 15) is 19.5 Å². The molecule has 0 bridgehead atoms. The van der Waals surface area contributed by atoms with E-state index in [4.69, 9.17) is 4.74 Å². The van der Waals surface area contributed by atoms with Gasteiger partial charge in [-0.3, -0.25) is 9.59 Å². The average Bonchev–Trinajstić information content (AvgIpc) is 3.15. The molecule has 2 aliphatic carbocycles. The number of likely N-dealkylation sites (tertiary alicyclic amines) is 1. The molecule has 0 spiro atoms. The summed E-state index contributed by atoms with van der Waals surface area (Å²) in [6.45, 7) is 2.58. The van der Waals surface area contributed by atoms with Crippen LogP contribution in [0.25, 0.3) is 11.1 Å². The lowest BCUT2D eigenvalue weighted by molar-refractivity contribution is -0.148. The molecule has 2 fully saturated rings. The second kappa shape index (κ2) is 9.36. The highest BCUT2D eigenvalue weighted by molar-refractivity contribution is 5.81. The largest absolute Gasteiger partial charge is 0.481 e. The van der Waals surface area contributed by atoms with Crippen LogP contribution in [0.4, 0.5) is 4.79 Å². The number of ether oxygens (including phenoxy) is 1. The molecule has 0 aromatic heterocycles. The van der Waals surface area contributed by atoms with E-state index < -0.39 is 23.5 Å². The maximum absolute atomic E-state index is 13.1. The molecule has 1 heterocycles. The first-order valence-corrected chi connectivity index (χ1v) is 12.5. The highest BCUT2D eigenvalue weighted by atomic mass is 16.5. The molecule has 7 nitrogen and oxygen atoms in total. The topological polar surface area (TPSA) is 95.9 Å². The van der Waals surface area contributed by atoms with Gasteiger partial charge in [0.05, 0.1) is 17.9 Å². The van der Waals surface area contributed by atoms with Crippen LogP contribution in [0.5, 0.6) is 0 Å². The van der Waals surface area contributed by atoms with Crippen molar-refractivity contribution in [2.24, 2.45) is 5.92 Å². The number of carboxylic acids is 1. The fourth-order valence-corrected chi connectivity index (χ4v) is 5.96. The molecule has 2 N–H and O–H groups in total. The fraction of sp³-hybridized carbons (Fsp3) is 0.464. The second-order valence-electron chi connectivity index (χ2n) is 10.3. The van der Waals surface area contributed by atoms with Gasteiger partial charge >= 0.3 is 12.1 Å². The predicted molar refractivity (Wildman–Crippen MR) is 131 cm³/mol. The van der Waals surface area contributed by atoms with Gasteiger partial charge in [-0.2, -0.15) is 0 Å². The number of rotatable bonds is 6. The molecule has 7 heteroatoms. The Labute approximate surface area is 205 Å². The molecule has 0 radical (unpaired) electrons. The molecule has 1 saturated carbocycles. The van der Waals surface area contributed by atoms with Gasteiger partial charge in [-0.1, -0.05) is 48.5 Å². The van der Waals surface area contributed by atoms with Gasteiger partial charge in [0.2, 0.25) is 5.91 Å². The van der Waals surface area contributed by atoms with Crippen LogP contribution in [0, 0.1) is 5.92 Å². The van der Waals surface area contributed by atoms with Crippen LogP contribution in [0.15, 0.2) is 48.5 Å². The van der Waals surface area contributed by atoms with Crippen LogP contribution in [0.1, 0.15) is 62.5 Å². The number of piperidine rings is 1. The second-order valence-corrected chi connectivity index (χ2v) is 10.3. The zero-order chi connectivity index (χ0) is 24.6. The molecule has 1 aliphatic heterocycles. The SMILES string of the molecule is C[C@@H]1C[C@H](C(=O)O)CCN1C(=O)CC1(NC(=O)OCC2c3ccccc3-c3ccccc32)CCC1. The van der Waals surface area contributed by atoms with Crippen molar-refractivity contribution < 1.29 is 24.2 Å². The van der Waals surface area contributed by atoms with Crippen LogP contribution in [0.3, 0.4) is 0 Å². The van der Waals surface area contributed by atoms with Crippen molar-refractivity contribution in [1.82, 2.24) is 10.2 Å². The van der Waals surface area contributed by atoms with Gasteiger partial charge in [0.25, 0.3) is 0 Å². The summed E-state index contributed by atoms with van der Waals surface area (Å²) < 4.78 is 5.72. The Kier molecular flexibility index (Phi) is 6.26. The maximum Gasteiger partial charge on any atom is 0.407 e. The number of benzene rings is 2. The summed E-state index contributed by atoms with van der Waals surface area (Å²) in [7, 11) is 0. The van der Waals surface area contributed by atoms with Gasteiger partial charge in [0.15, 0.2) is 0 Å². The van der Waals surface area contributed by atoms with Gasteiger partial charge in [-0.05, 0) is 61.3 Å². The molecule has 3 aliphatic rings. The first-order chi connectivity index (χ1) is 16.9. The molecule has 2 aromatic rings. The van der Waals surface area contributed by atoms with Crippen molar-refractivity contribution in [1.29, 1.82) is 0 Å². The first kappa shape index (κ1) is 23.4. The smallest absolute Gasteiger partial charge is 0.407 e. The van der Waals surface area contributed by atoms with Crippen molar-refractivity contribution >= 4 is 18.0 Å². The van der Waals surface area contributed by atoms with E-state index in [0.29, 0.717) is 19.4 Å². The third kappa shape index (κ3) is 4.51. The highest BCUT2D eigenvalue weighted by Crippen LogP contribution is 2.44. The van der Waals surface area contributed by atoms with E-state index in [1.165, 1.54) is 11.1 Å². The van der Waals surface area contributed by atoms with E-state index in [1.807, 2.05) is 31.2 Å². The van der Waals surface area contributed by atoms with Crippen LogP contribution >= 0.6 is 0 Å². The lowest BCUT2D eigenvalue weighted by Crippen LogP contribution is -2.57. The molecule has 2 amide bonds. The van der Waals surface area contributed by atoms with E-state index in [-0.39, 0.29) is 30.9 Å². The Morgan fingerprint density at radius 3 is 2.23 bits per heavy atom. The quantitative estimate of drug-likeness (QED) is 0.638. The molecule has 35 heavy (non-hydrogen) atoms. The van der Waals surface area contributed by atoms with Gasteiger partial charge in [0.1, 0.15) is 6.61 Å². The van der Waals surface area contributed by atoms with Crippen LogP contribution < -0.4 is 5.32 Å². The Hall–Kier alpha value is -3.35. The lowest BCUT2D eigenvalue weighted by Gasteiger charge is -2.44. The molecule has 2 atom stereocenters. The van der Waals surface area contributed by atoms with E-state index in [1.54, 1.807) is 4.90 Å². The molecule has 184 valence electrons. The molecule has 2 aromatic carbocycles. The number of hydrogen-bond donors (Lipinski definition) is 2. The molecule has 5 rings (SSSR count). The summed E-state index contributed by atoms with van der Waals surface area (Å²) >= 11 is 0. The minimum absolute atomic E-state index is 0.0106. The van der Waals surface area contributed by atoms with E-state index in [0.717, 1.165) is 30.4 Å². The number of alkyl carbamates (subject to hydrolysis) is 1. The van der Waals surface area contributed by atoms with Crippen molar-refractivity contribution in [2.75, 3.05) is 13.2 Å². The van der Waals surface area contributed by atoms with E-state index in [2.05, 4.69) is 29.6 Å². The number of amides is 2. The lowest BCUT2D eigenvalue weighted by atomic mass is 9.74. The van der Waals surface area contributed by atoms with Crippen molar-refractivity contribution in [2.45, 2.75) is 62.9 Å². The summed E-state index contributed by atoms with van der Waals surface area (Å²) in [6, 6.07) is 16.3. The molecular weight excluding hydrogens is 444 g/mol. The fourth-order valence-electron chi connectivity index (χ4n) is 5.96. The molecule has 1 saturated heterocycles. The Balaban J connectivity index is 1.20. The third-order valence-corrected chi connectivity index (χ3v) is 8.06. The first-order valence-electron chi connectivity index (χ1n) is 12.5. The highest BCUT2D eigenvalue weighted by Gasteiger charge is 2.43.